The summed E-state index contributed by atoms with van der Waals surface area (Å²) in [6, 6.07) is 22.2. The molecule has 4 rings (SSSR count). The van der Waals surface area contributed by atoms with E-state index in [1.807, 2.05) is 55.5 Å². The predicted molar refractivity (Wildman–Crippen MR) is 130 cm³/mol. The van der Waals surface area contributed by atoms with Crippen molar-refractivity contribution >= 4 is 34.1 Å². The molecule has 32 heavy (non-hydrogen) atoms. The first-order valence-corrected chi connectivity index (χ1v) is 11.0. The number of halogens is 1. The predicted octanol–water partition coefficient (Wildman–Crippen LogP) is 5.54. The van der Waals surface area contributed by atoms with Crippen molar-refractivity contribution in [3.05, 3.63) is 90.0 Å². The van der Waals surface area contributed by atoms with Gasteiger partial charge in [0.1, 0.15) is 17.4 Å². The Morgan fingerprint density at radius 2 is 1.81 bits per heavy atom. The summed E-state index contributed by atoms with van der Waals surface area (Å²) >= 11 is 5.73. The number of hydrogen-bond acceptors (Lipinski definition) is 3. The summed E-state index contributed by atoms with van der Waals surface area (Å²) in [4.78, 5) is 10.1. The third kappa shape index (κ3) is 5.62. The first kappa shape index (κ1) is 21.8. The highest BCUT2D eigenvalue weighted by atomic mass is 32.1. The molecular weight excluding hydrogens is 423 g/mol. The van der Waals surface area contributed by atoms with Crippen LogP contribution in [0.25, 0.3) is 11.0 Å². The Balaban J connectivity index is 1.47. The lowest BCUT2D eigenvalue weighted by Crippen LogP contribution is -2.36. The fraction of sp³-hybridized carbons (Fsp3) is 0.200. The standard InChI is InChI=1S/C25H25FN4OS/c1-2-31-21-13-11-20(12-14-21)27-25(32)30(17-18-7-9-19(26)10-8-18)16-15-24-28-22-5-3-4-6-23(22)29-24/h3-14H,2,15-17H2,1H3,(H,27,32)(H,28,29). The molecule has 7 heteroatoms. The van der Waals surface area contributed by atoms with Crippen molar-refractivity contribution in [1.82, 2.24) is 14.9 Å². The molecule has 0 aliphatic carbocycles. The molecule has 0 spiro atoms. The molecule has 1 heterocycles. The van der Waals surface area contributed by atoms with E-state index in [1.54, 1.807) is 12.1 Å². The second kappa shape index (κ2) is 10.2. The number of imidazole rings is 1. The number of benzene rings is 3. The molecular formula is C25H25FN4OS. The van der Waals surface area contributed by atoms with Crippen LogP contribution in [0.1, 0.15) is 18.3 Å². The molecule has 0 saturated heterocycles. The number of nitrogens with one attached hydrogen (secondary N) is 2. The first-order chi connectivity index (χ1) is 15.6. The second-order valence-electron chi connectivity index (χ2n) is 7.39. The van der Waals surface area contributed by atoms with Crippen molar-refractivity contribution in [3.63, 3.8) is 0 Å². The Kier molecular flexibility index (Phi) is 6.97. The van der Waals surface area contributed by atoms with Crippen LogP contribution in [0.5, 0.6) is 5.75 Å². The first-order valence-electron chi connectivity index (χ1n) is 10.6. The third-order valence-corrected chi connectivity index (χ3v) is 5.41. The fourth-order valence-electron chi connectivity index (χ4n) is 3.43. The van der Waals surface area contributed by atoms with E-state index < -0.39 is 0 Å². The van der Waals surface area contributed by atoms with Gasteiger partial charge in [-0.2, -0.15) is 0 Å². The van der Waals surface area contributed by atoms with Crippen LogP contribution < -0.4 is 10.1 Å². The summed E-state index contributed by atoms with van der Waals surface area (Å²) in [6.45, 7) is 3.79. The number of H-pyrrole nitrogens is 1. The molecule has 1 aromatic heterocycles. The number of anilines is 1. The van der Waals surface area contributed by atoms with Gasteiger partial charge in [0, 0.05) is 25.2 Å². The van der Waals surface area contributed by atoms with E-state index in [4.69, 9.17) is 17.0 Å². The molecule has 0 saturated carbocycles. The number of rotatable bonds is 8. The number of aromatic nitrogens is 2. The van der Waals surface area contributed by atoms with Crippen LogP contribution in [0.3, 0.4) is 0 Å². The minimum Gasteiger partial charge on any atom is -0.494 e. The summed E-state index contributed by atoms with van der Waals surface area (Å²) < 4.78 is 18.9. The van der Waals surface area contributed by atoms with Crippen LogP contribution in [0.4, 0.5) is 10.1 Å². The zero-order valence-electron chi connectivity index (χ0n) is 17.8. The minimum atomic E-state index is -0.252. The van der Waals surface area contributed by atoms with Crippen LogP contribution in [0.15, 0.2) is 72.8 Å². The lowest BCUT2D eigenvalue weighted by molar-refractivity contribution is 0.340. The van der Waals surface area contributed by atoms with Crippen LogP contribution in [-0.2, 0) is 13.0 Å². The molecule has 0 unspecified atom stereocenters. The largest absolute Gasteiger partial charge is 0.494 e. The van der Waals surface area contributed by atoms with Gasteiger partial charge in [0.15, 0.2) is 5.11 Å². The Morgan fingerprint density at radius 1 is 1.06 bits per heavy atom. The van der Waals surface area contributed by atoms with E-state index in [9.17, 15) is 4.39 Å². The highest BCUT2D eigenvalue weighted by Gasteiger charge is 2.13. The molecule has 0 aliphatic rings. The third-order valence-electron chi connectivity index (χ3n) is 5.05. The van der Waals surface area contributed by atoms with Gasteiger partial charge in [-0.05, 0) is 73.2 Å². The molecule has 0 aliphatic heterocycles. The van der Waals surface area contributed by atoms with Gasteiger partial charge in [-0.25, -0.2) is 9.37 Å². The fourth-order valence-corrected chi connectivity index (χ4v) is 3.70. The zero-order chi connectivity index (χ0) is 22.3. The van der Waals surface area contributed by atoms with Gasteiger partial charge < -0.3 is 19.9 Å². The summed E-state index contributed by atoms with van der Waals surface area (Å²) in [5.74, 6) is 1.47. The van der Waals surface area contributed by atoms with Gasteiger partial charge >= 0.3 is 0 Å². The Hall–Kier alpha value is -3.45. The Labute approximate surface area is 192 Å². The van der Waals surface area contributed by atoms with Gasteiger partial charge in [-0.1, -0.05) is 24.3 Å². The van der Waals surface area contributed by atoms with Gasteiger partial charge in [0.2, 0.25) is 0 Å². The number of hydrogen-bond donors (Lipinski definition) is 2. The number of ether oxygens (including phenoxy) is 1. The average molecular weight is 449 g/mol. The van der Waals surface area contributed by atoms with Gasteiger partial charge in [0.05, 0.1) is 17.6 Å². The lowest BCUT2D eigenvalue weighted by Gasteiger charge is -2.26. The SMILES string of the molecule is CCOc1ccc(NC(=S)N(CCc2nc3ccccc3[nH]2)Cc2ccc(F)cc2)cc1. The molecule has 5 nitrogen and oxygen atoms in total. The van der Waals surface area contributed by atoms with Gasteiger partial charge in [-0.3, -0.25) is 0 Å². The Bertz CT molecular complexity index is 1140. The summed E-state index contributed by atoms with van der Waals surface area (Å²) in [6.07, 6.45) is 0.695. The van der Waals surface area contributed by atoms with Crippen molar-refractivity contribution < 1.29 is 9.13 Å². The van der Waals surface area contributed by atoms with Crippen molar-refractivity contribution in [2.75, 3.05) is 18.5 Å². The molecule has 0 radical (unpaired) electrons. The number of aromatic amines is 1. The molecule has 4 aromatic rings. The number of para-hydroxylation sites is 2. The highest BCUT2D eigenvalue weighted by molar-refractivity contribution is 7.80. The van der Waals surface area contributed by atoms with E-state index in [0.29, 0.717) is 31.2 Å². The van der Waals surface area contributed by atoms with Crippen LogP contribution >= 0.6 is 12.2 Å². The Morgan fingerprint density at radius 3 is 2.53 bits per heavy atom. The molecule has 164 valence electrons. The summed E-state index contributed by atoms with van der Waals surface area (Å²) in [5.41, 5.74) is 3.82. The van der Waals surface area contributed by atoms with Gasteiger partial charge in [-0.15, -0.1) is 0 Å². The maximum atomic E-state index is 13.4. The number of fused-ring (bicyclic) bond motifs is 1. The highest BCUT2D eigenvalue weighted by Crippen LogP contribution is 2.17. The quantitative estimate of drug-likeness (QED) is 0.347. The monoisotopic (exact) mass is 448 g/mol. The average Bonchev–Trinajstić information content (AvgIpc) is 3.22. The molecule has 3 aromatic carbocycles. The molecule has 0 amide bonds. The lowest BCUT2D eigenvalue weighted by atomic mass is 10.2. The molecule has 0 bridgehead atoms. The molecule has 0 fully saturated rings. The van der Waals surface area contributed by atoms with Crippen LogP contribution in [0.2, 0.25) is 0 Å². The van der Waals surface area contributed by atoms with Crippen molar-refractivity contribution in [1.29, 1.82) is 0 Å². The van der Waals surface area contributed by atoms with Crippen molar-refractivity contribution in [2.24, 2.45) is 0 Å². The second-order valence-corrected chi connectivity index (χ2v) is 7.77. The minimum absolute atomic E-state index is 0.252. The van der Waals surface area contributed by atoms with E-state index in [1.165, 1.54) is 12.1 Å². The smallest absolute Gasteiger partial charge is 0.173 e. The summed E-state index contributed by atoms with van der Waals surface area (Å²) in [7, 11) is 0. The van der Waals surface area contributed by atoms with E-state index in [2.05, 4.69) is 20.2 Å². The van der Waals surface area contributed by atoms with Crippen molar-refractivity contribution in [3.8, 4) is 5.75 Å². The summed E-state index contributed by atoms with van der Waals surface area (Å²) in [5, 5.41) is 3.90. The number of thiocarbonyl (C=S) groups is 1. The molecule has 0 atom stereocenters. The van der Waals surface area contributed by atoms with Crippen LogP contribution in [0, 0.1) is 5.82 Å². The van der Waals surface area contributed by atoms with E-state index >= 15 is 0 Å². The normalized spacial score (nSPS) is 10.8. The van der Waals surface area contributed by atoms with Crippen molar-refractivity contribution in [2.45, 2.75) is 19.9 Å². The van der Waals surface area contributed by atoms with Crippen LogP contribution in [-0.4, -0.2) is 33.1 Å². The number of nitrogens with zero attached hydrogens (tertiary/aromatic N) is 2. The molecule has 2 N–H and O–H groups in total. The maximum absolute atomic E-state index is 13.4. The van der Waals surface area contributed by atoms with E-state index in [-0.39, 0.29) is 5.82 Å². The topological polar surface area (TPSA) is 53.2 Å². The van der Waals surface area contributed by atoms with Gasteiger partial charge in [0.25, 0.3) is 0 Å². The zero-order valence-corrected chi connectivity index (χ0v) is 18.7. The maximum Gasteiger partial charge on any atom is 0.173 e. The van der Waals surface area contributed by atoms with E-state index in [0.717, 1.165) is 33.9 Å².